The zero-order valence-corrected chi connectivity index (χ0v) is 12.8. The quantitative estimate of drug-likeness (QED) is 0.924. The highest BCUT2D eigenvalue weighted by molar-refractivity contribution is 5.68. The van der Waals surface area contributed by atoms with Crippen LogP contribution in [0.2, 0.25) is 0 Å². The minimum absolute atomic E-state index is 0.350. The number of nitriles is 1. The molecule has 0 aliphatic heterocycles. The lowest BCUT2D eigenvalue weighted by Gasteiger charge is -2.19. The highest BCUT2D eigenvalue weighted by Gasteiger charge is 2.14. The predicted octanol–water partition coefficient (Wildman–Crippen LogP) is 3.10. The van der Waals surface area contributed by atoms with Crippen LogP contribution in [0.3, 0.4) is 0 Å². The average molecular weight is 288 g/mol. The maximum absolute atomic E-state index is 11.4. The van der Waals surface area contributed by atoms with Crippen LogP contribution in [0.25, 0.3) is 6.08 Å². The predicted molar refractivity (Wildman–Crippen MR) is 81.0 cm³/mol. The smallest absolute Gasteiger partial charge is 0.407 e. The number of carbonyl (C=O) groups is 1. The highest BCUT2D eigenvalue weighted by atomic mass is 16.6. The summed E-state index contributed by atoms with van der Waals surface area (Å²) in [7, 11) is 1.52. The number of rotatable bonds is 4. The molecule has 0 atom stereocenters. The largest absolute Gasteiger partial charge is 0.495 e. The van der Waals surface area contributed by atoms with Crippen molar-refractivity contribution in [3.63, 3.8) is 0 Å². The molecule has 0 spiro atoms. The fourth-order valence-corrected chi connectivity index (χ4v) is 1.57. The Morgan fingerprint density at radius 2 is 2.14 bits per heavy atom. The third-order valence-corrected chi connectivity index (χ3v) is 2.42. The van der Waals surface area contributed by atoms with Crippen LogP contribution < -0.4 is 10.1 Å². The minimum atomic E-state index is -0.508. The van der Waals surface area contributed by atoms with Gasteiger partial charge in [-0.05, 0) is 38.5 Å². The van der Waals surface area contributed by atoms with E-state index in [-0.39, 0.29) is 0 Å². The van der Waals surface area contributed by atoms with Crippen molar-refractivity contribution in [2.24, 2.45) is 0 Å². The summed E-state index contributed by atoms with van der Waals surface area (Å²) in [5, 5.41) is 11.6. The van der Waals surface area contributed by atoms with Crippen molar-refractivity contribution in [2.45, 2.75) is 26.4 Å². The van der Waals surface area contributed by atoms with Gasteiger partial charge >= 0.3 is 6.09 Å². The summed E-state index contributed by atoms with van der Waals surface area (Å²) in [6.45, 7) is 5.78. The molecule has 1 aromatic carbocycles. The number of hydrogen-bond acceptors (Lipinski definition) is 4. The van der Waals surface area contributed by atoms with Gasteiger partial charge in [0.25, 0.3) is 0 Å². The van der Waals surface area contributed by atoms with Gasteiger partial charge in [-0.3, -0.25) is 0 Å². The molecule has 0 saturated carbocycles. The molecule has 0 aromatic heterocycles. The maximum Gasteiger partial charge on any atom is 0.407 e. The second kappa shape index (κ2) is 7.34. The third kappa shape index (κ3) is 6.00. The van der Waals surface area contributed by atoms with Crippen molar-refractivity contribution in [1.29, 1.82) is 5.26 Å². The van der Waals surface area contributed by atoms with Crippen molar-refractivity contribution < 1.29 is 14.3 Å². The number of nitrogens with zero attached hydrogens (tertiary/aromatic N) is 1. The summed E-state index contributed by atoms with van der Waals surface area (Å²) in [6.07, 6.45) is 3.14. The zero-order valence-electron chi connectivity index (χ0n) is 12.8. The van der Waals surface area contributed by atoms with Crippen LogP contribution in [0.4, 0.5) is 4.79 Å². The van der Waals surface area contributed by atoms with E-state index in [1.807, 2.05) is 32.9 Å². The van der Waals surface area contributed by atoms with Gasteiger partial charge in [0, 0.05) is 6.54 Å². The van der Waals surface area contributed by atoms with E-state index < -0.39 is 11.7 Å². The Morgan fingerprint density at radius 1 is 1.43 bits per heavy atom. The number of alkyl carbamates (subject to hydrolysis) is 1. The lowest BCUT2D eigenvalue weighted by atomic mass is 10.1. The van der Waals surface area contributed by atoms with E-state index in [1.165, 1.54) is 7.11 Å². The molecule has 0 heterocycles. The van der Waals surface area contributed by atoms with Crippen molar-refractivity contribution in [3.8, 4) is 11.8 Å². The molecule has 5 nitrogen and oxygen atoms in total. The first-order valence-electron chi connectivity index (χ1n) is 6.57. The van der Waals surface area contributed by atoms with Gasteiger partial charge in [-0.1, -0.05) is 18.2 Å². The van der Waals surface area contributed by atoms with Crippen molar-refractivity contribution in [2.75, 3.05) is 13.7 Å². The molecular weight excluding hydrogens is 268 g/mol. The van der Waals surface area contributed by atoms with Crippen molar-refractivity contribution in [3.05, 3.63) is 35.4 Å². The number of carbonyl (C=O) groups excluding carboxylic acids is 1. The summed E-state index contributed by atoms with van der Waals surface area (Å²) in [6, 6.07) is 7.37. The van der Waals surface area contributed by atoms with E-state index >= 15 is 0 Å². The molecule has 0 aliphatic rings. The summed E-state index contributed by atoms with van der Waals surface area (Å²) in [5.74, 6) is 0.543. The fourth-order valence-electron chi connectivity index (χ4n) is 1.57. The zero-order chi connectivity index (χ0) is 15.9. The van der Waals surface area contributed by atoms with Gasteiger partial charge in [-0.15, -0.1) is 0 Å². The number of amides is 1. The molecule has 1 aromatic rings. The second-order valence-electron chi connectivity index (χ2n) is 5.36. The Labute approximate surface area is 125 Å². The normalized spacial score (nSPS) is 11.0. The van der Waals surface area contributed by atoms with Gasteiger partial charge in [-0.2, -0.15) is 5.26 Å². The van der Waals surface area contributed by atoms with Gasteiger partial charge in [0.1, 0.15) is 17.4 Å². The number of benzene rings is 1. The first-order valence-corrected chi connectivity index (χ1v) is 6.57. The SMILES string of the molecule is COc1ccc(C=CCNC(=O)OC(C)(C)C)cc1C#N. The van der Waals surface area contributed by atoms with Gasteiger partial charge in [0.15, 0.2) is 0 Å². The van der Waals surface area contributed by atoms with Crippen LogP contribution >= 0.6 is 0 Å². The van der Waals surface area contributed by atoms with E-state index in [0.29, 0.717) is 17.9 Å². The Bertz CT molecular complexity index is 566. The van der Waals surface area contributed by atoms with Gasteiger partial charge < -0.3 is 14.8 Å². The van der Waals surface area contributed by atoms with E-state index in [0.717, 1.165) is 5.56 Å². The summed E-state index contributed by atoms with van der Waals surface area (Å²) in [5.41, 5.74) is 0.823. The summed E-state index contributed by atoms with van der Waals surface area (Å²) >= 11 is 0. The Balaban J connectivity index is 2.55. The average Bonchev–Trinajstić information content (AvgIpc) is 2.41. The van der Waals surface area contributed by atoms with Gasteiger partial charge in [0.2, 0.25) is 0 Å². The lowest BCUT2D eigenvalue weighted by Crippen LogP contribution is -2.32. The number of ether oxygens (including phenoxy) is 2. The standard InChI is InChI=1S/C16H20N2O3/c1-16(2,3)21-15(19)18-9-5-6-12-7-8-14(20-4)13(10-12)11-17/h5-8,10H,9H2,1-4H3,(H,18,19). The van der Waals surface area contributed by atoms with Crippen LogP contribution in [0.5, 0.6) is 5.75 Å². The van der Waals surface area contributed by atoms with Gasteiger partial charge in [-0.25, -0.2) is 4.79 Å². The molecule has 112 valence electrons. The number of methoxy groups -OCH3 is 1. The van der Waals surface area contributed by atoms with Crippen LogP contribution in [-0.4, -0.2) is 25.3 Å². The highest BCUT2D eigenvalue weighted by Crippen LogP contribution is 2.19. The van der Waals surface area contributed by atoms with E-state index in [2.05, 4.69) is 11.4 Å². The first-order chi connectivity index (χ1) is 9.85. The van der Waals surface area contributed by atoms with Crippen LogP contribution in [-0.2, 0) is 4.74 Å². The maximum atomic E-state index is 11.4. The van der Waals surface area contributed by atoms with E-state index in [4.69, 9.17) is 14.7 Å². The first kappa shape index (κ1) is 16.6. The van der Waals surface area contributed by atoms with E-state index in [1.54, 1.807) is 18.2 Å². The molecule has 1 N–H and O–H groups in total. The van der Waals surface area contributed by atoms with Crippen LogP contribution in [0.15, 0.2) is 24.3 Å². The molecule has 1 rings (SSSR count). The monoisotopic (exact) mass is 288 g/mol. The Hall–Kier alpha value is -2.48. The molecule has 21 heavy (non-hydrogen) atoms. The summed E-state index contributed by atoms with van der Waals surface area (Å²) < 4.78 is 10.2. The molecular formula is C16H20N2O3. The van der Waals surface area contributed by atoms with Gasteiger partial charge in [0.05, 0.1) is 12.7 Å². The minimum Gasteiger partial charge on any atom is -0.495 e. The lowest BCUT2D eigenvalue weighted by molar-refractivity contribution is 0.0534. The molecule has 1 amide bonds. The number of hydrogen-bond donors (Lipinski definition) is 1. The molecule has 5 heteroatoms. The van der Waals surface area contributed by atoms with E-state index in [9.17, 15) is 4.79 Å². The molecule has 0 aliphatic carbocycles. The van der Waals surface area contributed by atoms with Crippen molar-refractivity contribution >= 4 is 12.2 Å². The molecule has 0 unspecified atom stereocenters. The van der Waals surface area contributed by atoms with Crippen LogP contribution in [0, 0.1) is 11.3 Å². The summed E-state index contributed by atoms with van der Waals surface area (Å²) in [4.78, 5) is 11.4. The second-order valence-corrected chi connectivity index (χ2v) is 5.36. The van der Waals surface area contributed by atoms with Crippen molar-refractivity contribution in [1.82, 2.24) is 5.32 Å². The van der Waals surface area contributed by atoms with Crippen LogP contribution in [0.1, 0.15) is 31.9 Å². The Kier molecular flexibility index (Phi) is 5.79. The molecule has 0 fully saturated rings. The molecule has 0 radical (unpaired) electrons. The molecule has 0 bridgehead atoms. The topological polar surface area (TPSA) is 71.3 Å². The third-order valence-electron chi connectivity index (χ3n) is 2.42. The number of nitrogens with one attached hydrogen (secondary N) is 1. The molecule has 0 saturated heterocycles. The Morgan fingerprint density at radius 3 is 2.71 bits per heavy atom. The fraction of sp³-hybridized carbons (Fsp3) is 0.375.